The summed E-state index contributed by atoms with van der Waals surface area (Å²) in [6, 6.07) is 4.30. The number of benzene rings is 1. The number of rotatable bonds is 7. The van der Waals surface area contributed by atoms with Gasteiger partial charge in [0.05, 0.1) is 13.5 Å². The van der Waals surface area contributed by atoms with E-state index in [0.717, 1.165) is 6.42 Å². The molecule has 0 spiro atoms. The summed E-state index contributed by atoms with van der Waals surface area (Å²) in [7, 11) is 1.49. The van der Waals surface area contributed by atoms with Crippen LogP contribution in [0.3, 0.4) is 0 Å². The largest absolute Gasteiger partial charge is 0.496 e. The highest BCUT2D eigenvalue weighted by Crippen LogP contribution is 2.27. The first-order valence-electron chi connectivity index (χ1n) is 6.48. The first-order chi connectivity index (χ1) is 9.35. The number of nitrogens with one attached hydrogen (secondary N) is 1. The molecule has 0 amide bonds. The van der Waals surface area contributed by atoms with Gasteiger partial charge in [-0.05, 0) is 43.1 Å². The van der Waals surface area contributed by atoms with Gasteiger partial charge < -0.3 is 10.1 Å². The third-order valence-electron chi connectivity index (χ3n) is 2.87. The van der Waals surface area contributed by atoms with E-state index in [1.165, 1.54) is 7.11 Å². The van der Waals surface area contributed by atoms with E-state index < -0.39 is 18.6 Å². The Morgan fingerprint density at radius 2 is 2.05 bits per heavy atom. The van der Waals surface area contributed by atoms with Gasteiger partial charge in [0, 0.05) is 11.1 Å². The second-order valence-corrected chi connectivity index (χ2v) is 5.07. The lowest BCUT2D eigenvalue weighted by Gasteiger charge is -2.21. The van der Waals surface area contributed by atoms with Gasteiger partial charge in [0.2, 0.25) is 0 Å². The van der Waals surface area contributed by atoms with E-state index in [4.69, 9.17) is 16.3 Å². The monoisotopic (exact) mass is 309 g/mol. The number of hydrogen-bond donors (Lipinski definition) is 1. The van der Waals surface area contributed by atoms with Crippen LogP contribution in [-0.2, 0) is 6.42 Å². The predicted molar refractivity (Wildman–Crippen MR) is 74.5 cm³/mol. The molecule has 0 saturated heterocycles. The summed E-state index contributed by atoms with van der Waals surface area (Å²) in [5.41, 5.74) is 0.679. The van der Waals surface area contributed by atoms with Crippen LogP contribution in [0.5, 0.6) is 5.75 Å². The molecular formula is C14H19ClF3NO. The van der Waals surface area contributed by atoms with Gasteiger partial charge in [0.15, 0.2) is 0 Å². The van der Waals surface area contributed by atoms with Crippen molar-refractivity contribution in [2.24, 2.45) is 0 Å². The molecule has 0 radical (unpaired) electrons. The Morgan fingerprint density at radius 1 is 1.35 bits per heavy atom. The molecule has 0 heterocycles. The Hall–Kier alpha value is -0.940. The molecule has 1 aromatic carbocycles. The third-order valence-corrected chi connectivity index (χ3v) is 3.10. The Morgan fingerprint density at radius 3 is 2.60 bits per heavy atom. The Kier molecular flexibility index (Phi) is 6.62. The van der Waals surface area contributed by atoms with Crippen molar-refractivity contribution in [3.05, 3.63) is 28.8 Å². The Bertz CT molecular complexity index is 423. The van der Waals surface area contributed by atoms with Gasteiger partial charge >= 0.3 is 6.18 Å². The van der Waals surface area contributed by atoms with Crippen molar-refractivity contribution in [1.29, 1.82) is 0 Å². The molecule has 2 nitrogen and oxygen atoms in total. The molecule has 1 N–H and O–H groups in total. The van der Waals surface area contributed by atoms with Crippen molar-refractivity contribution < 1.29 is 17.9 Å². The van der Waals surface area contributed by atoms with Crippen LogP contribution in [0, 0.1) is 0 Å². The molecule has 1 unspecified atom stereocenters. The molecule has 0 aliphatic heterocycles. The molecule has 1 rings (SSSR count). The maximum absolute atomic E-state index is 12.6. The molecule has 0 aliphatic carbocycles. The smallest absolute Gasteiger partial charge is 0.390 e. The van der Waals surface area contributed by atoms with Gasteiger partial charge in [-0.3, -0.25) is 0 Å². The maximum Gasteiger partial charge on any atom is 0.390 e. The highest BCUT2D eigenvalue weighted by Gasteiger charge is 2.32. The van der Waals surface area contributed by atoms with E-state index >= 15 is 0 Å². The molecule has 1 aromatic rings. The van der Waals surface area contributed by atoms with E-state index in [0.29, 0.717) is 22.9 Å². The molecule has 0 saturated carbocycles. The lowest BCUT2D eigenvalue weighted by atomic mass is 10.0. The van der Waals surface area contributed by atoms with Gasteiger partial charge in [-0.1, -0.05) is 18.5 Å². The second-order valence-electron chi connectivity index (χ2n) is 4.63. The highest BCUT2D eigenvalue weighted by atomic mass is 35.5. The van der Waals surface area contributed by atoms with Crippen LogP contribution in [0.4, 0.5) is 13.2 Å². The van der Waals surface area contributed by atoms with E-state index in [-0.39, 0.29) is 6.42 Å². The van der Waals surface area contributed by atoms with Crippen molar-refractivity contribution in [3.63, 3.8) is 0 Å². The predicted octanol–water partition coefficient (Wildman–Crippen LogP) is 4.21. The highest BCUT2D eigenvalue weighted by molar-refractivity contribution is 6.30. The van der Waals surface area contributed by atoms with Gasteiger partial charge in [-0.25, -0.2) is 0 Å². The first-order valence-corrected chi connectivity index (χ1v) is 6.86. The van der Waals surface area contributed by atoms with Crippen LogP contribution in [-0.4, -0.2) is 25.9 Å². The zero-order valence-electron chi connectivity index (χ0n) is 11.6. The van der Waals surface area contributed by atoms with Crippen molar-refractivity contribution in [3.8, 4) is 5.75 Å². The fourth-order valence-electron chi connectivity index (χ4n) is 2.02. The Labute approximate surface area is 122 Å². The lowest BCUT2D eigenvalue weighted by Crippen LogP contribution is -2.36. The summed E-state index contributed by atoms with van der Waals surface area (Å²) < 4.78 is 43.0. The van der Waals surface area contributed by atoms with Crippen LogP contribution < -0.4 is 10.1 Å². The molecular weight excluding hydrogens is 291 g/mol. The van der Waals surface area contributed by atoms with Crippen molar-refractivity contribution >= 4 is 11.6 Å². The molecule has 0 aliphatic rings. The van der Waals surface area contributed by atoms with E-state index in [2.05, 4.69) is 5.32 Å². The maximum atomic E-state index is 12.6. The topological polar surface area (TPSA) is 21.3 Å². The van der Waals surface area contributed by atoms with Gasteiger partial charge in [-0.15, -0.1) is 0 Å². The minimum atomic E-state index is -4.20. The lowest BCUT2D eigenvalue weighted by molar-refractivity contribution is -0.139. The fourth-order valence-corrected chi connectivity index (χ4v) is 2.21. The number of halogens is 4. The van der Waals surface area contributed by atoms with Gasteiger partial charge in [0.25, 0.3) is 0 Å². The van der Waals surface area contributed by atoms with E-state index in [9.17, 15) is 13.2 Å². The summed E-state index contributed by atoms with van der Waals surface area (Å²) >= 11 is 5.90. The SMILES string of the molecule is CCCNC(Cc1cc(Cl)ccc1OC)CC(F)(F)F. The van der Waals surface area contributed by atoms with Crippen LogP contribution in [0.15, 0.2) is 18.2 Å². The van der Waals surface area contributed by atoms with E-state index in [1.807, 2.05) is 6.92 Å². The fraction of sp³-hybridized carbons (Fsp3) is 0.571. The van der Waals surface area contributed by atoms with Crippen LogP contribution in [0.1, 0.15) is 25.3 Å². The first kappa shape index (κ1) is 17.1. The number of methoxy groups -OCH3 is 1. The van der Waals surface area contributed by atoms with E-state index in [1.54, 1.807) is 18.2 Å². The Balaban J connectivity index is 2.85. The summed E-state index contributed by atoms with van der Waals surface area (Å²) in [6.45, 7) is 2.46. The number of hydrogen-bond acceptors (Lipinski definition) is 2. The van der Waals surface area contributed by atoms with Gasteiger partial charge in [-0.2, -0.15) is 13.2 Å². The van der Waals surface area contributed by atoms with Crippen LogP contribution in [0.2, 0.25) is 5.02 Å². The van der Waals surface area contributed by atoms with Crippen LogP contribution >= 0.6 is 11.6 Å². The molecule has 114 valence electrons. The second kappa shape index (κ2) is 7.74. The molecule has 20 heavy (non-hydrogen) atoms. The molecule has 0 fully saturated rings. The zero-order valence-corrected chi connectivity index (χ0v) is 12.3. The van der Waals surface area contributed by atoms with Crippen LogP contribution in [0.25, 0.3) is 0 Å². The molecule has 6 heteroatoms. The quantitative estimate of drug-likeness (QED) is 0.814. The van der Waals surface area contributed by atoms with Crippen molar-refractivity contribution in [2.45, 2.75) is 38.4 Å². The summed E-state index contributed by atoms with van der Waals surface area (Å²) in [5, 5.41) is 3.41. The number of alkyl halides is 3. The average molecular weight is 310 g/mol. The molecule has 0 bridgehead atoms. The average Bonchev–Trinajstić information content (AvgIpc) is 2.34. The third kappa shape index (κ3) is 6.01. The summed E-state index contributed by atoms with van der Waals surface area (Å²) in [4.78, 5) is 0. The normalized spacial score (nSPS) is 13.3. The standard InChI is InChI=1S/C14H19ClF3NO/c1-3-6-19-12(9-14(16,17)18)8-10-7-11(15)4-5-13(10)20-2/h4-5,7,12,19H,3,6,8-9H2,1-2H3. The summed E-state index contributed by atoms with van der Waals surface area (Å²) in [6.07, 6.45) is -4.07. The minimum Gasteiger partial charge on any atom is -0.496 e. The molecule has 0 aromatic heterocycles. The van der Waals surface area contributed by atoms with Crippen molar-refractivity contribution in [1.82, 2.24) is 5.32 Å². The summed E-state index contributed by atoms with van der Waals surface area (Å²) in [5.74, 6) is 0.555. The zero-order chi connectivity index (χ0) is 15.2. The molecule has 1 atom stereocenters. The number of ether oxygens (including phenoxy) is 1. The van der Waals surface area contributed by atoms with Crippen molar-refractivity contribution in [2.75, 3.05) is 13.7 Å². The van der Waals surface area contributed by atoms with Gasteiger partial charge in [0.1, 0.15) is 5.75 Å². The minimum absolute atomic E-state index is 0.225.